The summed E-state index contributed by atoms with van der Waals surface area (Å²) in [6, 6.07) is 14.5. The Morgan fingerprint density at radius 2 is 1.76 bits per heavy atom. The summed E-state index contributed by atoms with van der Waals surface area (Å²) in [4.78, 5) is 24.9. The number of aryl methyl sites for hydroxylation is 1. The molecule has 1 fully saturated rings. The molecule has 0 unspecified atom stereocenters. The van der Waals surface area contributed by atoms with Gasteiger partial charge in [-0.25, -0.2) is 13.1 Å². The van der Waals surface area contributed by atoms with Crippen molar-refractivity contribution in [3.05, 3.63) is 75.5 Å². The number of carbonyl (C=O) groups excluding carboxylic acids is 1. The predicted molar refractivity (Wildman–Crippen MR) is 127 cm³/mol. The van der Waals surface area contributed by atoms with E-state index in [4.69, 9.17) is 11.6 Å². The van der Waals surface area contributed by atoms with E-state index in [1.807, 2.05) is 0 Å². The van der Waals surface area contributed by atoms with Crippen LogP contribution in [0.2, 0.25) is 5.02 Å². The van der Waals surface area contributed by atoms with Crippen LogP contribution in [0, 0.1) is 6.92 Å². The molecule has 2 aromatic carbocycles. The van der Waals surface area contributed by atoms with Gasteiger partial charge in [-0.1, -0.05) is 23.7 Å². The third-order valence-corrected chi connectivity index (χ3v) is 7.75. The molecule has 2 heterocycles. The van der Waals surface area contributed by atoms with Gasteiger partial charge in [-0.15, -0.1) is 0 Å². The van der Waals surface area contributed by atoms with Crippen LogP contribution in [0.4, 0.5) is 5.69 Å². The normalized spacial score (nSPS) is 14.4. The van der Waals surface area contributed by atoms with E-state index in [0.29, 0.717) is 40.6 Å². The molecule has 10 heteroatoms. The average molecular weight is 487 g/mol. The van der Waals surface area contributed by atoms with Gasteiger partial charge in [-0.2, -0.15) is 9.40 Å². The van der Waals surface area contributed by atoms with E-state index in [1.54, 1.807) is 49.4 Å². The van der Waals surface area contributed by atoms with Crippen molar-refractivity contribution in [2.45, 2.75) is 31.2 Å². The van der Waals surface area contributed by atoms with E-state index in [2.05, 4.69) is 10.4 Å². The largest absolute Gasteiger partial charge is 0.324 e. The number of benzene rings is 2. The SMILES string of the molecule is Cc1ccc(-c2ccc(=O)n(CC(=O)Nc3ccc(Cl)cc3)n2)cc1S(=O)(=O)N1CCCC1. The van der Waals surface area contributed by atoms with Crippen LogP contribution in [0.1, 0.15) is 18.4 Å². The third kappa shape index (κ3) is 5.16. The Hall–Kier alpha value is -3.01. The minimum Gasteiger partial charge on any atom is -0.324 e. The number of halogens is 1. The Bertz CT molecular complexity index is 1350. The quantitative estimate of drug-likeness (QED) is 0.576. The molecule has 0 aliphatic carbocycles. The van der Waals surface area contributed by atoms with Crippen LogP contribution in [0.3, 0.4) is 0 Å². The molecule has 1 saturated heterocycles. The molecule has 0 spiro atoms. The van der Waals surface area contributed by atoms with Crippen molar-refractivity contribution in [3.63, 3.8) is 0 Å². The summed E-state index contributed by atoms with van der Waals surface area (Å²) in [6.45, 7) is 2.48. The first-order chi connectivity index (χ1) is 15.7. The van der Waals surface area contributed by atoms with E-state index in [1.165, 1.54) is 16.4 Å². The monoisotopic (exact) mass is 486 g/mol. The number of nitrogens with one attached hydrogen (secondary N) is 1. The Kier molecular flexibility index (Phi) is 6.64. The van der Waals surface area contributed by atoms with Crippen molar-refractivity contribution in [2.24, 2.45) is 0 Å². The standard InChI is InChI=1S/C23H23ClN4O4S/c1-16-4-5-17(14-21(16)33(31,32)27-12-2-3-13-27)20-10-11-23(30)28(26-20)15-22(29)25-19-8-6-18(24)7-9-19/h4-11,14H,2-3,12-13,15H2,1H3,(H,25,29). The molecule has 3 aromatic rings. The highest BCUT2D eigenvalue weighted by molar-refractivity contribution is 7.89. The number of aromatic nitrogens is 2. The zero-order valence-electron chi connectivity index (χ0n) is 18.0. The second-order valence-electron chi connectivity index (χ2n) is 7.86. The smallest absolute Gasteiger partial charge is 0.267 e. The summed E-state index contributed by atoms with van der Waals surface area (Å²) in [6.07, 6.45) is 1.70. The fraction of sp³-hybridized carbons (Fsp3) is 0.261. The lowest BCUT2D eigenvalue weighted by Gasteiger charge is -2.18. The minimum absolute atomic E-state index is 0.224. The first kappa shape index (κ1) is 23.2. The maximum absolute atomic E-state index is 13.1. The first-order valence-electron chi connectivity index (χ1n) is 10.5. The van der Waals surface area contributed by atoms with E-state index < -0.39 is 21.5 Å². The maximum Gasteiger partial charge on any atom is 0.267 e. The molecular weight excluding hydrogens is 464 g/mol. The number of carbonyl (C=O) groups is 1. The van der Waals surface area contributed by atoms with Gasteiger partial charge in [0.05, 0.1) is 10.6 Å². The molecule has 0 atom stereocenters. The lowest BCUT2D eigenvalue weighted by Crippen LogP contribution is -2.29. The summed E-state index contributed by atoms with van der Waals surface area (Å²) in [5.74, 6) is -0.426. The molecule has 1 aliphatic rings. The van der Waals surface area contributed by atoms with Gasteiger partial charge in [0, 0.05) is 35.4 Å². The molecule has 0 radical (unpaired) electrons. The molecule has 8 nitrogen and oxygen atoms in total. The molecule has 0 saturated carbocycles. The number of hydrogen-bond donors (Lipinski definition) is 1. The molecular formula is C23H23ClN4O4S. The lowest BCUT2D eigenvalue weighted by molar-refractivity contribution is -0.117. The van der Waals surface area contributed by atoms with Crippen LogP contribution < -0.4 is 10.9 Å². The number of nitrogens with zero attached hydrogens (tertiary/aromatic N) is 3. The fourth-order valence-corrected chi connectivity index (χ4v) is 5.58. The molecule has 1 N–H and O–H groups in total. The van der Waals surface area contributed by atoms with Gasteiger partial charge in [-0.3, -0.25) is 9.59 Å². The Balaban J connectivity index is 1.60. The second kappa shape index (κ2) is 9.46. The van der Waals surface area contributed by atoms with E-state index in [9.17, 15) is 18.0 Å². The minimum atomic E-state index is -3.61. The van der Waals surface area contributed by atoms with Crippen molar-refractivity contribution < 1.29 is 13.2 Å². The molecule has 33 heavy (non-hydrogen) atoms. The number of rotatable bonds is 6. The van der Waals surface area contributed by atoms with Crippen molar-refractivity contribution in [3.8, 4) is 11.3 Å². The summed E-state index contributed by atoms with van der Waals surface area (Å²) in [5.41, 5.74) is 1.68. The lowest BCUT2D eigenvalue weighted by atomic mass is 10.1. The summed E-state index contributed by atoms with van der Waals surface area (Å²) in [7, 11) is -3.61. The van der Waals surface area contributed by atoms with Crippen LogP contribution in [0.5, 0.6) is 0 Å². The van der Waals surface area contributed by atoms with Crippen molar-refractivity contribution in [1.82, 2.24) is 14.1 Å². The van der Waals surface area contributed by atoms with E-state index in [-0.39, 0.29) is 11.4 Å². The zero-order valence-corrected chi connectivity index (χ0v) is 19.6. The molecule has 4 rings (SSSR count). The van der Waals surface area contributed by atoms with Gasteiger partial charge in [0.25, 0.3) is 5.56 Å². The summed E-state index contributed by atoms with van der Waals surface area (Å²) >= 11 is 5.85. The Labute approximate surface area is 196 Å². The van der Waals surface area contributed by atoms with Crippen LogP contribution in [-0.2, 0) is 21.4 Å². The van der Waals surface area contributed by atoms with Gasteiger partial charge in [0.15, 0.2) is 0 Å². The summed E-state index contributed by atoms with van der Waals surface area (Å²) in [5, 5.41) is 7.54. The average Bonchev–Trinajstić information content (AvgIpc) is 3.33. The van der Waals surface area contributed by atoms with E-state index >= 15 is 0 Å². The Morgan fingerprint density at radius 1 is 1.06 bits per heavy atom. The van der Waals surface area contributed by atoms with E-state index in [0.717, 1.165) is 17.5 Å². The van der Waals surface area contributed by atoms with Crippen molar-refractivity contribution in [2.75, 3.05) is 18.4 Å². The second-order valence-corrected chi connectivity index (χ2v) is 10.2. The number of hydrogen-bond acceptors (Lipinski definition) is 5. The molecule has 1 aromatic heterocycles. The van der Waals surface area contributed by atoms with Crippen molar-refractivity contribution >= 4 is 33.2 Å². The maximum atomic E-state index is 13.1. The van der Waals surface area contributed by atoms with Crippen LogP contribution in [-0.4, -0.2) is 41.5 Å². The molecule has 172 valence electrons. The summed E-state index contributed by atoms with van der Waals surface area (Å²) < 4.78 is 28.7. The highest BCUT2D eigenvalue weighted by Crippen LogP contribution is 2.27. The number of amides is 1. The Morgan fingerprint density at radius 3 is 2.45 bits per heavy atom. The third-order valence-electron chi connectivity index (χ3n) is 5.45. The van der Waals surface area contributed by atoms with Crippen LogP contribution in [0.15, 0.2) is 64.3 Å². The number of anilines is 1. The predicted octanol–water partition coefficient (Wildman–Crippen LogP) is 3.30. The molecule has 1 aliphatic heterocycles. The zero-order chi connectivity index (χ0) is 23.6. The highest BCUT2D eigenvalue weighted by atomic mass is 35.5. The molecule has 1 amide bonds. The highest BCUT2D eigenvalue weighted by Gasteiger charge is 2.28. The van der Waals surface area contributed by atoms with Crippen LogP contribution in [0.25, 0.3) is 11.3 Å². The molecule has 0 bridgehead atoms. The van der Waals surface area contributed by atoms with Gasteiger partial charge in [-0.05, 0) is 61.7 Å². The van der Waals surface area contributed by atoms with Crippen LogP contribution >= 0.6 is 11.6 Å². The van der Waals surface area contributed by atoms with Gasteiger partial charge in [0.2, 0.25) is 15.9 Å². The number of sulfonamides is 1. The topological polar surface area (TPSA) is 101 Å². The van der Waals surface area contributed by atoms with Gasteiger partial charge >= 0.3 is 0 Å². The fourth-order valence-electron chi connectivity index (χ4n) is 3.69. The van der Waals surface area contributed by atoms with Gasteiger partial charge < -0.3 is 5.32 Å². The van der Waals surface area contributed by atoms with Gasteiger partial charge in [0.1, 0.15) is 6.54 Å². The first-order valence-corrected chi connectivity index (χ1v) is 12.3. The van der Waals surface area contributed by atoms with Crippen molar-refractivity contribution in [1.29, 1.82) is 0 Å².